The largest absolute Gasteiger partial charge is 0.385 e. The summed E-state index contributed by atoms with van der Waals surface area (Å²) in [6.45, 7) is 12.2. The van der Waals surface area contributed by atoms with Gasteiger partial charge >= 0.3 is 0 Å². The number of carbonyl (C=O) groups excluding carboxylic acids is 1. The van der Waals surface area contributed by atoms with Crippen molar-refractivity contribution in [3.63, 3.8) is 0 Å². The van der Waals surface area contributed by atoms with Crippen LogP contribution >= 0.6 is 24.0 Å². The van der Waals surface area contributed by atoms with Gasteiger partial charge in [0.05, 0.1) is 6.10 Å². The van der Waals surface area contributed by atoms with Gasteiger partial charge in [0.15, 0.2) is 5.96 Å². The van der Waals surface area contributed by atoms with E-state index in [4.69, 9.17) is 9.47 Å². The van der Waals surface area contributed by atoms with E-state index in [1.165, 1.54) is 0 Å². The number of hydrogen-bond donors (Lipinski definition) is 2. The topological polar surface area (TPSA) is 75.2 Å². The fraction of sp³-hybridized carbons (Fsp3) is 0.889. The van der Waals surface area contributed by atoms with Crippen LogP contribution in [0.1, 0.15) is 47.0 Å². The molecule has 8 heteroatoms. The molecule has 0 spiro atoms. The third-order valence-corrected chi connectivity index (χ3v) is 3.81. The highest BCUT2D eigenvalue weighted by molar-refractivity contribution is 14.0. The average molecular weight is 484 g/mol. The number of aliphatic imine (C=N–C) groups is 1. The molecule has 0 bridgehead atoms. The highest BCUT2D eigenvalue weighted by Crippen LogP contribution is 2.14. The number of halogens is 1. The molecule has 1 heterocycles. The third kappa shape index (κ3) is 11.2. The van der Waals surface area contributed by atoms with Gasteiger partial charge in [0.25, 0.3) is 0 Å². The highest BCUT2D eigenvalue weighted by atomic mass is 127. The standard InChI is InChI=1S/C18H36N4O3.HI/c1-6-19-17(20-14-16(23)21-18(2,3)4)22-10-8-15(9-11-22)25-13-7-12-24-5;/h15H,6-14H2,1-5H3,(H,19,20)(H,21,23);1H. The summed E-state index contributed by atoms with van der Waals surface area (Å²) in [5, 5.41) is 6.22. The second-order valence-electron chi connectivity index (χ2n) is 7.37. The van der Waals surface area contributed by atoms with Gasteiger partial charge in [-0.05, 0) is 47.0 Å². The van der Waals surface area contributed by atoms with Crippen molar-refractivity contribution in [3.05, 3.63) is 0 Å². The Kier molecular flexibility index (Phi) is 13.2. The van der Waals surface area contributed by atoms with Gasteiger partial charge < -0.3 is 25.0 Å². The van der Waals surface area contributed by atoms with E-state index in [-0.39, 0.29) is 42.0 Å². The Labute approximate surface area is 175 Å². The van der Waals surface area contributed by atoms with Crippen LogP contribution in [0.2, 0.25) is 0 Å². The molecule has 1 rings (SSSR count). The Morgan fingerprint density at radius 3 is 2.42 bits per heavy atom. The monoisotopic (exact) mass is 484 g/mol. The minimum Gasteiger partial charge on any atom is -0.385 e. The Morgan fingerprint density at radius 1 is 1.23 bits per heavy atom. The van der Waals surface area contributed by atoms with E-state index in [9.17, 15) is 4.79 Å². The van der Waals surface area contributed by atoms with Crippen molar-refractivity contribution in [3.8, 4) is 0 Å². The average Bonchev–Trinajstić information content (AvgIpc) is 2.54. The summed E-state index contributed by atoms with van der Waals surface area (Å²) < 4.78 is 10.9. The minimum atomic E-state index is -0.233. The summed E-state index contributed by atoms with van der Waals surface area (Å²) in [6.07, 6.45) is 3.20. The molecular formula is C18H37IN4O3. The Morgan fingerprint density at radius 2 is 1.88 bits per heavy atom. The summed E-state index contributed by atoms with van der Waals surface area (Å²) >= 11 is 0. The lowest BCUT2D eigenvalue weighted by Crippen LogP contribution is -2.48. The van der Waals surface area contributed by atoms with Gasteiger partial charge in [-0.3, -0.25) is 4.79 Å². The van der Waals surface area contributed by atoms with E-state index in [1.54, 1.807) is 7.11 Å². The normalized spacial score (nSPS) is 16.2. The van der Waals surface area contributed by atoms with Gasteiger partial charge in [0, 0.05) is 45.5 Å². The second-order valence-corrected chi connectivity index (χ2v) is 7.37. The van der Waals surface area contributed by atoms with Crippen LogP contribution in [-0.2, 0) is 14.3 Å². The zero-order valence-electron chi connectivity index (χ0n) is 17.0. The lowest BCUT2D eigenvalue weighted by Gasteiger charge is -2.34. The number of ether oxygens (including phenoxy) is 2. The summed E-state index contributed by atoms with van der Waals surface area (Å²) in [6, 6.07) is 0. The summed E-state index contributed by atoms with van der Waals surface area (Å²) in [5.41, 5.74) is -0.233. The molecule has 0 saturated carbocycles. The molecule has 26 heavy (non-hydrogen) atoms. The zero-order valence-corrected chi connectivity index (χ0v) is 19.3. The molecule has 1 saturated heterocycles. The molecule has 1 aliphatic heterocycles. The van der Waals surface area contributed by atoms with Crippen LogP contribution in [0, 0.1) is 0 Å². The molecule has 1 aliphatic rings. The van der Waals surface area contributed by atoms with Gasteiger partial charge in [-0.15, -0.1) is 24.0 Å². The quantitative estimate of drug-likeness (QED) is 0.239. The van der Waals surface area contributed by atoms with E-state index < -0.39 is 0 Å². The van der Waals surface area contributed by atoms with Gasteiger partial charge in [-0.2, -0.15) is 0 Å². The van der Waals surface area contributed by atoms with E-state index >= 15 is 0 Å². The molecule has 0 radical (unpaired) electrons. The SMILES string of the molecule is CCNC(=NCC(=O)NC(C)(C)C)N1CCC(OCCCOC)CC1.I. The fourth-order valence-electron chi connectivity index (χ4n) is 2.72. The van der Waals surface area contributed by atoms with Crippen molar-refractivity contribution >= 4 is 35.8 Å². The second kappa shape index (κ2) is 13.5. The van der Waals surface area contributed by atoms with Crippen molar-refractivity contribution in [2.24, 2.45) is 4.99 Å². The van der Waals surface area contributed by atoms with Gasteiger partial charge in [0.2, 0.25) is 5.91 Å². The molecule has 0 aromatic heterocycles. The first-order valence-electron chi connectivity index (χ1n) is 9.30. The number of rotatable bonds is 8. The number of nitrogens with one attached hydrogen (secondary N) is 2. The van der Waals surface area contributed by atoms with Crippen LogP contribution in [0.3, 0.4) is 0 Å². The number of nitrogens with zero attached hydrogens (tertiary/aromatic N) is 2. The van der Waals surface area contributed by atoms with Crippen molar-refractivity contribution in [2.75, 3.05) is 46.5 Å². The summed E-state index contributed by atoms with van der Waals surface area (Å²) in [4.78, 5) is 18.7. The van der Waals surface area contributed by atoms with Crippen molar-refractivity contribution < 1.29 is 14.3 Å². The molecule has 1 fully saturated rings. The summed E-state index contributed by atoms with van der Waals surface area (Å²) in [5.74, 6) is 0.753. The maximum absolute atomic E-state index is 12.0. The molecule has 0 atom stereocenters. The van der Waals surface area contributed by atoms with Crippen molar-refractivity contribution in [1.29, 1.82) is 0 Å². The number of piperidine rings is 1. The number of guanidine groups is 1. The number of amides is 1. The maximum Gasteiger partial charge on any atom is 0.242 e. The molecule has 154 valence electrons. The van der Waals surface area contributed by atoms with E-state index in [0.717, 1.165) is 58.1 Å². The number of methoxy groups -OCH3 is 1. The first-order valence-corrected chi connectivity index (χ1v) is 9.30. The molecule has 2 N–H and O–H groups in total. The fourth-order valence-corrected chi connectivity index (χ4v) is 2.72. The molecular weight excluding hydrogens is 447 g/mol. The van der Waals surface area contributed by atoms with E-state index in [0.29, 0.717) is 6.10 Å². The minimum absolute atomic E-state index is 0. The zero-order chi connectivity index (χ0) is 18.7. The number of hydrogen-bond acceptors (Lipinski definition) is 4. The predicted molar refractivity (Wildman–Crippen MR) is 116 cm³/mol. The van der Waals surface area contributed by atoms with Crippen LogP contribution in [0.4, 0.5) is 0 Å². The van der Waals surface area contributed by atoms with E-state index in [2.05, 4.69) is 20.5 Å². The van der Waals surface area contributed by atoms with Crippen LogP contribution in [0.5, 0.6) is 0 Å². The number of carbonyl (C=O) groups is 1. The molecule has 0 unspecified atom stereocenters. The third-order valence-electron chi connectivity index (χ3n) is 3.81. The molecule has 0 aliphatic carbocycles. The van der Waals surface area contributed by atoms with Crippen molar-refractivity contribution in [2.45, 2.75) is 58.6 Å². The Bertz CT molecular complexity index is 419. The Hall–Kier alpha value is -0.610. The van der Waals surface area contributed by atoms with Crippen LogP contribution in [0.25, 0.3) is 0 Å². The maximum atomic E-state index is 12.0. The molecule has 1 amide bonds. The van der Waals surface area contributed by atoms with E-state index in [1.807, 2.05) is 27.7 Å². The predicted octanol–water partition coefficient (Wildman–Crippen LogP) is 2.00. The molecule has 0 aromatic rings. The molecule has 0 aromatic carbocycles. The van der Waals surface area contributed by atoms with Gasteiger partial charge in [-0.25, -0.2) is 4.99 Å². The van der Waals surface area contributed by atoms with Gasteiger partial charge in [0.1, 0.15) is 6.54 Å². The van der Waals surface area contributed by atoms with Crippen LogP contribution < -0.4 is 10.6 Å². The first kappa shape index (κ1) is 25.4. The lowest BCUT2D eigenvalue weighted by molar-refractivity contribution is -0.121. The Balaban J connectivity index is 0.00000625. The first-order chi connectivity index (χ1) is 11.9. The smallest absolute Gasteiger partial charge is 0.242 e. The van der Waals surface area contributed by atoms with Gasteiger partial charge in [-0.1, -0.05) is 0 Å². The van der Waals surface area contributed by atoms with Crippen LogP contribution in [0.15, 0.2) is 4.99 Å². The van der Waals surface area contributed by atoms with Crippen molar-refractivity contribution in [1.82, 2.24) is 15.5 Å². The molecule has 7 nitrogen and oxygen atoms in total. The summed E-state index contributed by atoms with van der Waals surface area (Å²) in [7, 11) is 1.71. The number of likely N-dealkylation sites (tertiary alicyclic amines) is 1. The lowest BCUT2D eigenvalue weighted by atomic mass is 10.1. The van der Waals surface area contributed by atoms with Crippen LogP contribution in [-0.4, -0.2) is 74.9 Å². The highest BCUT2D eigenvalue weighted by Gasteiger charge is 2.22.